The molecule has 116 valence electrons. The fourth-order valence-electron chi connectivity index (χ4n) is 2.70. The zero-order chi connectivity index (χ0) is 15.2. The number of halogens is 2. The van der Waals surface area contributed by atoms with Crippen LogP contribution in [0.2, 0.25) is 0 Å². The minimum Gasteiger partial charge on any atom is -0.327 e. The van der Waals surface area contributed by atoms with Crippen molar-refractivity contribution in [2.45, 2.75) is 64.3 Å². The fraction of sp³-hybridized carbons (Fsp3) is 0.588. The molecule has 0 aliphatic carbocycles. The van der Waals surface area contributed by atoms with Crippen molar-refractivity contribution < 1.29 is 4.39 Å². The van der Waals surface area contributed by atoms with Crippen molar-refractivity contribution in [2.75, 3.05) is 0 Å². The first-order valence-corrected chi connectivity index (χ1v) is 8.37. The molecule has 0 radical (unpaired) electrons. The van der Waals surface area contributed by atoms with Gasteiger partial charge >= 0.3 is 0 Å². The van der Waals surface area contributed by atoms with E-state index in [2.05, 4.69) is 16.5 Å². The first-order valence-electron chi connectivity index (χ1n) is 7.93. The number of fused-ring (bicyclic) bond motifs is 1. The summed E-state index contributed by atoms with van der Waals surface area (Å²) < 4.78 is 15.6. The number of alkyl halides is 1. The number of benzene rings is 1. The summed E-state index contributed by atoms with van der Waals surface area (Å²) in [6.07, 6.45) is 7.42. The van der Waals surface area contributed by atoms with E-state index in [1.807, 2.05) is 6.92 Å². The molecule has 0 aliphatic heterocycles. The van der Waals surface area contributed by atoms with Gasteiger partial charge in [-0.05, 0) is 31.5 Å². The largest absolute Gasteiger partial charge is 0.327 e. The highest BCUT2D eigenvalue weighted by molar-refractivity contribution is 6.20. The molecule has 1 atom stereocenters. The molecule has 2 aromatic rings. The van der Waals surface area contributed by atoms with E-state index in [9.17, 15) is 4.39 Å². The molecule has 1 aromatic heterocycles. The highest BCUT2D eigenvalue weighted by Crippen LogP contribution is 2.25. The van der Waals surface area contributed by atoms with Gasteiger partial charge in [-0.2, -0.15) is 0 Å². The molecule has 0 N–H and O–H groups in total. The molecule has 4 heteroatoms. The number of hydrogen-bond donors (Lipinski definition) is 0. The van der Waals surface area contributed by atoms with Gasteiger partial charge in [-0.25, -0.2) is 9.37 Å². The van der Waals surface area contributed by atoms with Gasteiger partial charge in [0, 0.05) is 6.54 Å². The molecular weight excluding hydrogens is 287 g/mol. The lowest BCUT2D eigenvalue weighted by atomic mass is 10.1. The van der Waals surface area contributed by atoms with Gasteiger partial charge in [0.25, 0.3) is 0 Å². The number of nitrogens with zero attached hydrogens (tertiary/aromatic N) is 2. The lowest BCUT2D eigenvalue weighted by Gasteiger charge is -2.10. The Labute approximate surface area is 131 Å². The van der Waals surface area contributed by atoms with Crippen LogP contribution in [0.3, 0.4) is 0 Å². The van der Waals surface area contributed by atoms with Gasteiger partial charge in [0.15, 0.2) is 0 Å². The van der Waals surface area contributed by atoms with E-state index in [0.717, 1.165) is 29.8 Å². The average molecular weight is 311 g/mol. The Morgan fingerprint density at radius 3 is 2.62 bits per heavy atom. The molecule has 1 aromatic carbocycles. The fourth-order valence-corrected chi connectivity index (χ4v) is 2.87. The van der Waals surface area contributed by atoms with Crippen LogP contribution < -0.4 is 0 Å². The third-order valence-corrected chi connectivity index (χ3v) is 4.03. The van der Waals surface area contributed by atoms with E-state index in [4.69, 9.17) is 11.6 Å². The smallest absolute Gasteiger partial charge is 0.127 e. The minimum absolute atomic E-state index is 0.166. The standard InChI is InChI=1S/C17H24ClFN2/c1-3-4-5-6-7-8-11-21-16-12-14(19)9-10-15(16)20-17(21)13(2)18/h9-10,12-13H,3-8,11H2,1-2H3. The zero-order valence-corrected chi connectivity index (χ0v) is 13.7. The number of imidazole rings is 1. The molecule has 1 heterocycles. The highest BCUT2D eigenvalue weighted by atomic mass is 35.5. The number of rotatable bonds is 8. The zero-order valence-electron chi connectivity index (χ0n) is 12.9. The third kappa shape index (κ3) is 4.19. The molecule has 0 spiro atoms. The maximum absolute atomic E-state index is 13.5. The SMILES string of the molecule is CCCCCCCCn1c(C(C)Cl)nc2ccc(F)cc21. The molecule has 0 saturated carbocycles. The summed E-state index contributed by atoms with van der Waals surface area (Å²) in [5.41, 5.74) is 1.68. The summed E-state index contributed by atoms with van der Waals surface area (Å²) in [6.45, 7) is 5.00. The van der Waals surface area contributed by atoms with Crippen LogP contribution in [0.25, 0.3) is 11.0 Å². The highest BCUT2D eigenvalue weighted by Gasteiger charge is 2.15. The van der Waals surface area contributed by atoms with E-state index in [1.54, 1.807) is 12.1 Å². The summed E-state index contributed by atoms with van der Waals surface area (Å²) in [5, 5.41) is -0.166. The van der Waals surface area contributed by atoms with E-state index in [0.29, 0.717) is 0 Å². The second-order valence-electron chi connectivity index (χ2n) is 5.64. The Hall–Kier alpha value is -1.09. The number of hydrogen-bond acceptors (Lipinski definition) is 1. The van der Waals surface area contributed by atoms with Crippen molar-refractivity contribution in [3.05, 3.63) is 29.8 Å². The molecule has 0 bridgehead atoms. The Bertz CT molecular complexity index is 577. The molecule has 21 heavy (non-hydrogen) atoms. The van der Waals surface area contributed by atoms with Crippen molar-refractivity contribution in [1.29, 1.82) is 0 Å². The first kappa shape index (κ1) is 16.3. The predicted molar refractivity (Wildman–Crippen MR) is 87.3 cm³/mol. The molecule has 1 unspecified atom stereocenters. The Morgan fingerprint density at radius 1 is 1.19 bits per heavy atom. The van der Waals surface area contributed by atoms with Crippen molar-refractivity contribution in [3.63, 3.8) is 0 Å². The van der Waals surface area contributed by atoms with Crippen molar-refractivity contribution in [2.24, 2.45) is 0 Å². The van der Waals surface area contributed by atoms with Gasteiger partial charge in [0.1, 0.15) is 11.6 Å². The van der Waals surface area contributed by atoms with Crippen LogP contribution >= 0.6 is 11.6 Å². The topological polar surface area (TPSA) is 17.8 Å². The predicted octanol–water partition coefficient (Wildman–Crippen LogP) is 5.84. The van der Waals surface area contributed by atoms with E-state index in [1.165, 1.54) is 38.2 Å². The van der Waals surface area contributed by atoms with E-state index < -0.39 is 0 Å². The summed E-state index contributed by atoms with van der Waals surface area (Å²) >= 11 is 6.22. The number of unbranched alkanes of at least 4 members (excludes halogenated alkanes) is 5. The summed E-state index contributed by atoms with van der Waals surface area (Å²) in [4.78, 5) is 4.55. The van der Waals surface area contributed by atoms with Crippen LogP contribution in [0.15, 0.2) is 18.2 Å². The molecule has 2 rings (SSSR count). The first-order chi connectivity index (χ1) is 10.1. The van der Waals surface area contributed by atoms with Gasteiger partial charge in [-0.1, -0.05) is 39.0 Å². The van der Waals surface area contributed by atoms with Gasteiger partial charge in [-0.15, -0.1) is 11.6 Å². The van der Waals surface area contributed by atoms with E-state index in [-0.39, 0.29) is 11.2 Å². The molecule has 0 amide bonds. The summed E-state index contributed by atoms with van der Waals surface area (Å²) in [6, 6.07) is 4.74. The monoisotopic (exact) mass is 310 g/mol. The van der Waals surface area contributed by atoms with E-state index >= 15 is 0 Å². The maximum atomic E-state index is 13.5. The van der Waals surface area contributed by atoms with Gasteiger partial charge in [0.2, 0.25) is 0 Å². The average Bonchev–Trinajstić information content (AvgIpc) is 2.81. The second-order valence-corrected chi connectivity index (χ2v) is 6.29. The van der Waals surface area contributed by atoms with Crippen LogP contribution in [-0.2, 0) is 6.54 Å². The summed E-state index contributed by atoms with van der Waals surface area (Å²) in [5.74, 6) is 0.617. The van der Waals surface area contributed by atoms with Crippen molar-refractivity contribution >= 4 is 22.6 Å². The van der Waals surface area contributed by atoms with Crippen LogP contribution in [0.1, 0.15) is 63.6 Å². The lowest BCUT2D eigenvalue weighted by molar-refractivity contribution is 0.552. The number of aryl methyl sites for hydroxylation is 1. The van der Waals surface area contributed by atoms with Gasteiger partial charge in [0.05, 0.1) is 16.4 Å². The maximum Gasteiger partial charge on any atom is 0.127 e. The molecule has 0 fully saturated rings. The second kappa shape index (κ2) is 7.79. The molecular formula is C17H24ClFN2. The Morgan fingerprint density at radius 2 is 1.90 bits per heavy atom. The Balaban J connectivity index is 2.09. The van der Waals surface area contributed by atoms with Gasteiger partial charge in [-0.3, -0.25) is 0 Å². The molecule has 0 saturated heterocycles. The molecule has 2 nitrogen and oxygen atoms in total. The van der Waals surface area contributed by atoms with Crippen molar-refractivity contribution in [3.8, 4) is 0 Å². The van der Waals surface area contributed by atoms with Crippen LogP contribution in [0.5, 0.6) is 0 Å². The minimum atomic E-state index is -0.222. The number of aromatic nitrogens is 2. The summed E-state index contributed by atoms with van der Waals surface area (Å²) in [7, 11) is 0. The Kier molecular flexibility index (Phi) is 6.04. The quantitative estimate of drug-likeness (QED) is 0.442. The lowest BCUT2D eigenvalue weighted by Crippen LogP contribution is -2.05. The normalized spacial score (nSPS) is 13.0. The van der Waals surface area contributed by atoms with Crippen LogP contribution in [0.4, 0.5) is 4.39 Å². The van der Waals surface area contributed by atoms with Gasteiger partial charge < -0.3 is 4.57 Å². The van der Waals surface area contributed by atoms with Crippen molar-refractivity contribution in [1.82, 2.24) is 9.55 Å². The third-order valence-electron chi connectivity index (χ3n) is 3.83. The van der Waals surface area contributed by atoms with Crippen LogP contribution in [0, 0.1) is 5.82 Å². The molecule has 0 aliphatic rings. The van der Waals surface area contributed by atoms with Crippen LogP contribution in [-0.4, -0.2) is 9.55 Å².